The molecule has 1 unspecified atom stereocenters. The molecule has 7 rings (SSSR count). The third-order valence-electron chi connectivity index (χ3n) is 11.2. The van der Waals surface area contributed by atoms with Gasteiger partial charge < -0.3 is 25.3 Å². The molecule has 2 N–H and O–H groups in total. The normalized spacial score (nSPS) is 17.8. The monoisotopic (exact) mass is 799 g/mol. The van der Waals surface area contributed by atoms with Crippen molar-refractivity contribution in [1.82, 2.24) is 34.6 Å². The number of carbonyl (C=O) groups is 3. The van der Waals surface area contributed by atoms with E-state index in [1.54, 1.807) is 49.8 Å². The molecular formula is C41H48F3N11O3. The van der Waals surface area contributed by atoms with Gasteiger partial charge >= 0.3 is 12.2 Å². The second-order valence-electron chi connectivity index (χ2n) is 15.2. The fraction of sp³-hybridized carbons (Fsp3) is 0.415. The van der Waals surface area contributed by atoms with Crippen LogP contribution in [-0.2, 0) is 19.3 Å². The van der Waals surface area contributed by atoms with E-state index in [0.29, 0.717) is 60.3 Å². The first-order valence-corrected chi connectivity index (χ1v) is 19.3. The molecule has 4 amide bonds. The third-order valence-corrected chi connectivity index (χ3v) is 11.2. The number of anilines is 5. The van der Waals surface area contributed by atoms with E-state index in [1.807, 2.05) is 30.8 Å². The van der Waals surface area contributed by atoms with Crippen LogP contribution >= 0.6 is 0 Å². The number of aryl methyl sites for hydroxylation is 1. The number of hydrogen-bond donors (Lipinski definition) is 2. The molecule has 14 nitrogen and oxygen atoms in total. The second-order valence-corrected chi connectivity index (χ2v) is 15.2. The standard InChI is InChI=1S/C41H48F3N11O3/c1-6-52-15-17-54(18-16-52)38(57)34-12-11-31(22-45-34)48-39-46-21-29-24-55(40(58)51(5)36(29)49-39)35-20-30(10-7-26(35)2)47-37(56)27-8-9-28(33(19-27)41(42,43)44)23-53-14-13-32(25-53)50(3)4/h7-12,19-22,32H,6,13-18,23-25H2,1-5H3,(H,47,56)(H,46,48,49). The van der Waals surface area contributed by atoms with Crippen LogP contribution in [0, 0.1) is 6.92 Å². The minimum atomic E-state index is -4.64. The molecule has 5 heterocycles. The number of nitrogens with one attached hydrogen (secondary N) is 2. The van der Waals surface area contributed by atoms with Gasteiger partial charge in [-0.05, 0) is 81.5 Å². The van der Waals surface area contributed by atoms with Crippen LogP contribution in [0.5, 0.6) is 0 Å². The molecule has 0 bridgehead atoms. The number of rotatable bonds is 10. The maximum Gasteiger partial charge on any atom is 0.416 e. The Balaban J connectivity index is 1.02. The number of nitrogens with zero attached hydrogens (tertiary/aromatic N) is 9. The van der Waals surface area contributed by atoms with Crippen LogP contribution in [-0.4, -0.2) is 125 Å². The lowest BCUT2D eigenvalue weighted by molar-refractivity contribution is -0.138. The Morgan fingerprint density at radius 1 is 0.931 bits per heavy atom. The Morgan fingerprint density at radius 2 is 1.69 bits per heavy atom. The van der Waals surface area contributed by atoms with Crippen LogP contribution < -0.4 is 20.4 Å². The van der Waals surface area contributed by atoms with E-state index in [-0.39, 0.29) is 48.1 Å². The van der Waals surface area contributed by atoms with Crippen molar-refractivity contribution in [2.75, 3.05) is 87.4 Å². The highest BCUT2D eigenvalue weighted by atomic mass is 19.4. The molecule has 3 aliphatic rings. The number of benzene rings is 2. The minimum absolute atomic E-state index is 0.114. The van der Waals surface area contributed by atoms with E-state index in [1.165, 1.54) is 21.9 Å². The number of fused-ring (bicyclic) bond motifs is 1. The molecule has 4 aromatic rings. The summed E-state index contributed by atoms with van der Waals surface area (Å²) in [6.45, 7) is 9.50. The molecule has 306 valence electrons. The predicted octanol–water partition coefficient (Wildman–Crippen LogP) is 5.68. The third kappa shape index (κ3) is 8.75. The summed E-state index contributed by atoms with van der Waals surface area (Å²) in [5.41, 5.74) is 2.29. The smallest absolute Gasteiger partial charge is 0.335 e. The Bertz CT molecular complexity index is 2170. The zero-order valence-electron chi connectivity index (χ0n) is 33.3. The first-order valence-electron chi connectivity index (χ1n) is 19.3. The molecule has 2 aromatic heterocycles. The van der Waals surface area contributed by atoms with Gasteiger partial charge in [0.15, 0.2) is 0 Å². The molecule has 0 radical (unpaired) electrons. The van der Waals surface area contributed by atoms with E-state index in [9.17, 15) is 27.6 Å². The van der Waals surface area contributed by atoms with Crippen LogP contribution in [0.25, 0.3) is 0 Å². The van der Waals surface area contributed by atoms with E-state index < -0.39 is 17.6 Å². The molecule has 3 aliphatic heterocycles. The average molecular weight is 800 g/mol. The molecule has 0 saturated carbocycles. The van der Waals surface area contributed by atoms with Crippen molar-refractivity contribution in [2.24, 2.45) is 0 Å². The van der Waals surface area contributed by atoms with Gasteiger partial charge in [0.05, 0.1) is 29.7 Å². The fourth-order valence-electron chi connectivity index (χ4n) is 7.63. The topological polar surface area (TPSA) is 133 Å². The number of hydrogen-bond acceptors (Lipinski definition) is 10. The highest BCUT2D eigenvalue weighted by Crippen LogP contribution is 2.36. The minimum Gasteiger partial charge on any atom is -0.335 e. The Hall–Kier alpha value is -5.65. The molecule has 0 aliphatic carbocycles. The van der Waals surface area contributed by atoms with E-state index in [2.05, 4.69) is 42.3 Å². The zero-order chi connectivity index (χ0) is 41.3. The fourth-order valence-corrected chi connectivity index (χ4v) is 7.63. The van der Waals surface area contributed by atoms with E-state index >= 15 is 0 Å². The van der Waals surface area contributed by atoms with E-state index in [4.69, 9.17) is 0 Å². The van der Waals surface area contributed by atoms with Crippen molar-refractivity contribution in [2.45, 2.75) is 45.6 Å². The summed E-state index contributed by atoms with van der Waals surface area (Å²) in [5.74, 6) is -0.183. The quantitative estimate of drug-likeness (QED) is 0.207. The van der Waals surface area contributed by atoms with Crippen LogP contribution in [0.4, 0.5) is 46.8 Å². The maximum atomic E-state index is 14.3. The van der Waals surface area contributed by atoms with Crippen LogP contribution in [0.15, 0.2) is 60.9 Å². The van der Waals surface area contributed by atoms with Crippen LogP contribution in [0.1, 0.15) is 56.4 Å². The van der Waals surface area contributed by atoms with Gasteiger partial charge in [0.2, 0.25) is 5.95 Å². The summed E-state index contributed by atoms with van der Waals surface area (Å²) >= 11 is 0. The van der Waals surface area contributed by atoms with Crippen molar-refractivity contribution in [3.05, 3.63) is 94.4 Å². The van der Waals surface area contributed by atoms with Gasteiger partial charge in [-0.2, -0.15) is 18.2 Å². The Labute approximate surface area is 335 Å². The summed E-state index contributed by atoms with van der Waals surface area (Å²) in [7, 11) is 5.53. The molecule has 0 spiro atoms. The molecule has 58 heavy (non-hydrogen) atoms. The lowest BCUT2D eigenvalue weighted by atomic mass is 10.0. The number of alkyl halides is 3. The van der Waals surface area contributed by atoms with Crippen LogP contribution in [0.3, 0.4) is 0 Å². The van der Waals surface area contributed by atoms with Crippen molar-refractivity contribution in [3.63, 3.8) is 0 Å². The first kappa shape index (κ1) is 40.5. The molecule has 1 atom stereocenters. The van der Waals surface area contributed by atoms with Gasteiger partial charge in [-0.1, -0.05) is 19.1 Å². The molecular weight excluding hydrogens is 752 g/mol. The largest absolute Gasteiger partial charge is 0.416 e. The number of aromatic nitrogens is 3. The van der Waals surface area contributed by atoms with Gasteiger partial charge in [0.25, 0.3) is 11.8 Å². The van der Waals surface area contributed by atoms with Crippen molar-refractivity contribution < 1.29 is 27.6 Å². The number of halogens is 3. The summed E-state index contributed by atoms with van der Waals surface area (Å²) in [4.78, 5) is 64.7. The zero-order valence-corrected chi connectivity index (χ0v) is 33.3. The molecule has 2 saturated heterocycles. The summed E-state index contributed by atoms with van der Waals surface area (Å²) in [5, 5.41) is 5.83. The molecule has 2 fully saturated rings. The first-order chi connectivity index (χ1) is 27.7. The second kappa shape index (κ2) is 16.7. The Morgan fingerprint density at radius 3 is 2.36 bits per heavy atom. The lowest BCUT2D eigenvalue weighted by Crippen LogP contribution is -2.48. The van der Waals surface area contributed by atoms with Gasteiger partial charge in [0.1, 0.15) is 11.5 Å². The lowest BCUT2D eigenvalue weighted by Gasteiger charge is -2.35. The molecule has 17 heteroatoms. The SMILES string of the molecule is CCN1CCN(C(=O)c2ccc(Nc3ncc4c(n3)N(C)C(=O)N(c3cc(NC(=O)c5ccc(CN6CCC(N(C)C)C6)c(C(F)(F)F)c5)ccc3C)C4)cn2)CC1. The van der Waals surface area contributed by atoms with Crippen molar-refractivity contribution in [1.29, 1.82) is 0 Å². The van der Waals surface area contributed by atoms with Gasteiger partial charge in [-0.15, -0.1) is 0 Å². The number of pyridine rings is 1. The Kier molecular flexibility index (Phi) is 11.7. The number of carbonyl (C=O) groups excluding carboxylic acids is 3. The summed E-state index contributed by atoms with van der Waals surface area (Å²) in [6.07, 6.45) is -0.601. The summed E-state index contributed by atoms with van der Waals surface area (Å²) < 4.78 is 42.8. The highest BCUT2D eigenvalue weighted by Gasteiger charge is 2.36. The molecule has 2 aromatic carbocycles. The highest BCUT2D eigenvalue weighted by molar-refractivity contribution is 6.07. The number of piperazine rings is 1. The summed E-state index contributed by atoms with van der Waals surface area (Å²) in [6, 6.07) is 12.0. The van der Waals surface area contributed by atoms with Gasteiger partial charge in [-0.25, -0.2) is 14.8 Å². The number of amides is 4. The maximum absolute atomic E-state index is 14.3. The number of likely N-dealkylation sites (tertiary alicyclic amines) is 1. The average Bonchev–Trinajstić information content (AvgIpc) is 3.69. The van der Waals surface area contributed by atoms with Crippen molar-refractivity contribution in [3.8, 4) is 0 Å². The number of likely N-dealkylation sites (N-methyl/N-ethyl adjacent to an activating group) is 2. The van der Waals surface area contributed by atoms with Crippen LogP contribution in [0.2, 0.25) is 0 Å². The van der Waals surface area contributed by atoms with Crippen molar-refractivity contribution >= 4 is 46.7 Å². The predicted molar refractivity (Wildman–Crippen MR) is 215 cm³/mol. The van der Waals surface area contributed by atoms with Gasteiger partial charge in [0, 0.05) is 81.9 Å². The number of urea groups is 1. The van der Waals surface area contributed by atoms with E-state index in [0.717, 1.165) is 37.7 Å². The van der Waals surface area contributed by atoms with Gasteiger partial charge in [-0.3, -0.25) is 24.3 Å².